The number of allylic oxidation sites excluding steroid dienone is 1. The van der Waals surface area contributed by atoms with E-state index in [4.69, 9.17) is 5.11 Å². The first-order chi connectivity index (χ1) is 9.04. The van der Waals surface area contributed by atoms with Gasteiger partial charge in [-0.3, -0.25) is 0 Å². The summed E-state index contributed by atoms with van der Waals surface area (Å²) in [7, 11) is 0. The Morgan fingerprint density at radius 1 is 1.42 bits per heavy atom. The van der Waals surface area contributed by atoms with Crippen LogP contribution in [0.25, 0.3) is 0 Å². The number of anilines is 1. The minimum Gasteiger partial charge on any atom is -0.478 e. The van der Waals surface area contributed by atoms with Crippen molar-refractivity contribution in [3.05, 3.63) is 41.7 Å². The van der Waals surface area contributed by atoms with E-state index in [1.807, 2.05) is 19.1 Å². The second-order valence-corrected chi connectivity index (χ2v) is 3.73. The lowest BCUT2D eigenvalue weighted by atomic mass is 10.2. The van der Waals surface area contributed by atoms with E-state index in [-0.39, 0.29) is 11.3 Å². The van der Waals surface area contributed by atoms with E-state index >= 15 is 0 Å². The third-order valence-corrected chi connectivity index (χ3v) is 2.29. The van der Waals surface area contributed by atoms with Gasteiger partial charge in [0.25, 0.3) is 0 Å². The monoisotopic (exact) mass is 266 g/mol. The van der Waals surface area contributed by atoms with Crippen molar-refractivity contribution in [2.45, 2.75) is 13.3 Å². The Morgan fingerprint density at radius 2 is 2.16 bits per heavy atom. The maximum absolute atomic E-state index is 13.0. The molecule has 0 atom stereocenters. The second kappa shape index (κ2) is 7.15. The fraction of sp³-hybridized carbons (Fsp3) is 0.231. The summed E-state index contributed by atoms with van der Waals surface area (Å²) in [6, 6.07) is 2.53. The molecule has 3 N–H and O–H groups in total. The molecule has 0 saturated carbocycles. The van der Waals surface area contributed by atoms with Gasteiger partial charge in [-0.25, -0.2) is 14.0 Å². The first kappa shape index (κ1) is 14.7. The van der Waals surface area contributed by atoms with Crippen LogP contribution in [0.4, 0.5) is 14.9 Å². The van der Waals surface area contributed by atoms with Crippen molar-refractivity contribution in [1.29, 1.82) is 0 Å². The summed E-state index contributed by atoms with van der Waals surface area (Å²) in [6.45, 7) is 2.28. The quantitative estimate of drug-likeness (QED) is 0.566. The van der Waals surface area contributed by atoms with Crippen molar-refractivity contribution in [3.8, 4) is 0 Å². The molecule has 6 heteroatoms. The molecular formula is C13H15FN2O3. The molecule has 0 radical (unpaired) electrons. The second-order valence-electron chi connectivity index (χ2n) is 3.73. The Hall–Kier alpha value is -2.37. The van der Waals surface area contributed by atoms with Gasteiger partial charge in [0.15, 0.2) is 0 Å². The van der Waals surface area contributed by atoms with Crippen molar-refractivity contribution in [2.24, 2.45) is 0 Å². The number of carboxylic acid groups (broad SMARTS) is 1. The molecule has 19 heavy (non-hydrogen) atoms. The van der Waals surface area contributed by atoms with Crippen LogP contribution in [0.1, 0.15) is 23.7 Å². The fourth-order valence-electron chi connectivity index (χ4n) is 1.41. The Labute approximate surface area is 110 Å². The Kier molecular flexibility index (Phi) is 5.53. The van der Waals surface area contributed by atoms with E-state index < -0.39 is 17.8 Å². The van der Waals surface area contributed by atoms with E-state index in [9.17, 15) is 14.0 Å². The van der Waals surface area contributed by atoms with Crippen LogP contribution in [0.15, 0.2) is 30.4 Å². The number of nitrogens with one attached hydrogen (secondary N) is 2. The van der Waals surface area contributed by atoms with Crippen LogP contribution >= 0.6 is 0 Å². The molecule has 0 fully saturated rings. The average Bonchev–Trinajstić information content (AvgIpc) is 2.34. The summed E-state index contributed by atoms with van der Waals surface area (Å²) in [4.78, 5) is 22.4. The molecule has 2 amide bonds. The number of benzene rings is 1. The van der Waals surface area contributed by atoms with Gasteiger partial charge in [0.1, 0.15) is 5.82 Å². The molecule has 0 aromatic heterocycles. The highest BCUT2D eigenvalue weighted by Crippen LogP contribution is 2.17. The molecule has 0 unspecified atom stereocenters. The molecule has 0 bridgehead atoms. The predicted octanol–water partition coefficient (Wildman–Crippen LogP) is 2.61. The molecule has 0 aliphatic rings. The lowest BCUT2D eigenvalue weighted by molar-refractivity contribution is 0.0698. The van der Waals surface area contributed by atoms with Crippen molar-refractivity contribution in [3.63, 3.8) is 0 Å². The zero-order valence-electron chi connectivity index (χ0n) is 10.4. The molecule has 0 saturated heterocycles. The van der Waals surface area contributed by atoms with Crippen molar-refractivity contribution in [1.82, 2.24) is 5.32 Å². The molecule has 0 heterocycles. The Morgan fingerprint density at radius 3 is 2.79 bits per heavy atom. The molecule has 0 spiro atoms. The minimum absolute atomic E-state index is 0.0731. The van der Waals surface area contributed by atoms with Crippen LogP contribution in [-0.4, -0.2) is 23.7 Å². The summed E-state index contributed by atoms with van der Waals surface area (Å²) in [6.07, 6.45) is 4.40. The number of halogens is 1. The lowest BCUT2D eigenvalue weighted by Gasteiger charge is -2.09. The number of carbonyl (C=O) groups excluding carboxylic acids is 1. The van der Waals surface area contributed by atoms with Crippen LogP contribution < -0.4 is 10.6 Å². The SMILES string of the molecule is C/C=C/CCNC(=O)Nc1cc(F)ccc1C(=O)O. The van der Waals surface area contributed by atoms with E-state index in [0.29, 0.717) is 13.0 Å². The number of carboxylic acids is 1. The topological polar surface area (TPSA) is 78.4 Å². The number of carbonyl (C=O) groups is 2. The molecule has 102 valence electrons. The summed E-state index contributed by atoms with van der Waals surface area (Å²) in [5, 5.41) is 13.8. The van der Waals surface area contributed by atoms with Crippen molar-refractivity contribution < 1.29 is 19.1 Å². The highest BCUT2D eigenvalue weighted by molar-refractivity contribution is 5.99. The summed E-state index contributed by atoms with van der Waals surface area (Å²) in [5.74, 6) is -1.85. The zero-order chi connectivity index (χ0) is 14.3. The van der Waals surface area contributed by atoms with Crippen LogP contribution in [0.5, 0.6) is 0 Å². The third-order valence-electron chi connectivity index (χ3n) is 2.29. The van der Waals surface area contributed by atoms with Gasteiger partial charge in [-0.15, -0.1) is 0 Å². The van der Waals surface area contributed by atoms with Gasteiger partial charge in [-0.1, -0.05) is 12.2 Å². The lowest BCUT2D eigenvalue weighted by Crippen LogP contribution is -2.30. The molecule has 1 rings (SSSR count). The first-order valence-corrected chi connectivity index (χ1v) is 5.73. The third kappa shape index (κ3) is 4.79. The van der Waals surface area contributed by atoms with E-state index in [0.717, 1.165) is 18.2 Å². The van der Waals surface area contributed by atoms with Gasteiger partial charge in [-0.2, -0.15) is 0 Å². The van der Waals surface area contributed by atoms with Crippen molar-refractivity contribution in [2.75, 3.05) is 11.9 Å². The number of hydrogen-bond donors (Lipinski definition) is 3. The van der Waals surface area contributed by atoms with Gasteiger partial charge in [0.2, 0.25) is 0 Å². The molecular weight excluding hydrogens is 251 g/mol. The molecule has 1 aromatic rings. The van der Waals surface area contributed by atoms with Gasteiger partial charge < -0.3 is 15.7 Å². The number of rotatable bonds is 5. The number of amides is 2. The largest absolute Gasteiger partial charge is 0.478 e. The molecule has 5 nitrogen and oxygen atoms in total. The van der Waals surface area contributed by atoms with E-state index in [1.54, 1.807) is 0 Å². The normalized spacial score (nSPS) is 10.4. The average molecular weight is 266 g/mol. The van der Waals surface area contributed by atoms with Gasteiger partial charge >= 0.3 is 12.0 Å². The first-order valence-electron chi connectivity index (χ1n) is 5.73. The standard InChI is InChI=1S/C13H15FN2O3/c1-2-3-4-7-15-13(19)16-11-8-9(14)5-6-10(11)12(17)18/h2-3,5-6,8H,4,7H2,1H3,(H,17,18)(H2,15,16,19)/b3-2+. The van der Waals surface area contributed by atoms with E-state index in [1.165, 1.54) is 0 Å². The highest BCUT2D eigenvalue weighted by Gasteiger charge is 2.12. The fourth-order valence-corrected chi connectivity index (χ4v) is 1.41. The predicted molar refractivity (Wildman–Crippen MR) is 69.8 cm³/mol. The molecule has 1 aromatic carbocycles. The number of urea groups is 1. The number of aromatic carboxylic acids is 1. The van der Waals surface area contributed by atoms with E-state index in [2.05, 4.69) is 10.6 Å². The maximum Gasteiger partial charge on any atom is 0.337 e. The highest BCUT2D eigenvalue weighted by atomic mass is 19.1. The minimum atomic E-state index is -1.23. The molecule has 0 aliphatic carbocycles. The van der Waals surface area contributed by atoms with Gasteiger partial charge in [-0.05, 0) is 31.5 Å². The smallest absolute Gasteiger partial charge is 0.337 e. The molecule has 0 aliphatic heterocycles. The van der Waals surface area contributed by atoms with Crippen LogP contribution in [0.3, 0.4) is 0 Å². The summed E-state index contributed by atoms with van der Waals surface area (Å²) >= 11 is 0. The summed E-state index contributed by atoms with van der Waals surface area (Å²) in [5.41, 5.74) is -0.235. The summed E-state index contributed by atoms with van der Waals surface area (Å²) < 4.78 is 13.0. The van der Waals surface area contributed by atoms with Gasteiger partial charge in [0.05, 0.1) is 11.3 Å². The van der Waals surface area contributed by atoms with Crippen LogP contribution in [0.2, 0.25) is 0 Å². The Bertz CT molecular complexity index is 501. The maximum atomic E-state index is 13.0. The van der Waals surface area contributed by atoms with Gasteiger partial charge in [0, 0.05) is 6.54 Å². The Balaban J connectivity index is 2.67. The van der Waals surface area contributed by atoms with Crippen LogP contribution in [0, 0.1) is 5.82 Å². The number of hydrogen-bond acceptors (Lipinski definition) is 2. The van der Waals surface area contributed by atoms with Crippen molar-refractivity contribution >= 4 is 17.7 Å². The zero-order valence-corrected chi connectivity index (χ0v) is 10.4. The van der Waals surface area contributed by atoms with Crippen LogP contribution in [-0.2, 0) is 0 Å².